The third-order valence-corrected chi connectivity index (χ3v) is 3.42. The molecule has 0 aliphatic rings. The van der Waals surface area contributed by atoms with Gasteiger partial charge in [0.1, 0.15) is 5.82 Å². The predicted octanol–water partition coefficient (Wildman–Crippen LogP) is 3.47. The summed E-state index contributed by atoms with van der Waals surface area (Å²) in [7, 11) is 1.71. The van der Waals surface area contributed by atoms with Gasteiger partial charge in [0.25, 0.3) is 0 Å². The van der Waals surface area contributed by atoms with Gasteiger partial charge in [0, 0.05) is 7.11 Å². The van der Waals surface area contributed by atoms with E-state index in [1.54, 1.807) is 7.11 Å². The fourth-order valence-electron chi connectivity index (χ4n) is 2.47. The lowest BCUT2D eigenvalue weighted by atomic mass is 10.1. The number of para-hydroxylation sites is 1. The van der Waals surface area contributed by atoms with Gasteiger partial charge in [-0.3, -0.25) is 0 Å². The summed E-state index contributed by atoms with van der Waals surface area (Å²) in [5.74, 6) is 1.30. The zero-order valence-electron chi connectivity index (χ0n) is 11.3. The van der Waals surface area contributed by atoms with E-state index in [9.17, 15) is 0 Å². The Morgan fingerprint density at radius 1 is 1.39 bits per heavy atom. The van der Waals surface area contributed by atoms with Crippen molar-refractivity contribution >= 4 is 22.6 Å². The fraction of sp³-hybridized carbons (Fsp3) is 0.500. The molecule has 0 N–H and O–H groups in total. The number of benzene rings is 1. The molecule has 3 nitrogen and oxygen atoms in total. The molecule has 0 aliphatic heterocycles. The van der Waals surface area contributed by atoms with Crippen LogP contribution in [0, 0.1) is 6.92 Å². The lowest BCUT2D eigenvalue weighted by Gasteiger charge is -2.28. The van der Waals surface area contributed by atoms with Crippen LogP contribution >= 0.6 is 11.6 Å². The maximum Gasteiger partial charge on any atom is 0.125 e. The summed E-state index contributed by atoms with van der Waals surface area (Å²) in [6.45, 7) is 6.96. The third-order valence-electron chi connectivity index (χ3n) is 3.18. The smallest absolute Gasteiger partial charge is 0.125 e. The molecule has 98 valence electrons. The quantitative estimate of drug-likeness (QED) is 0.793. The van der Waals surface area contributed by atoms with Gasteiger partial charge in [0.15, 0.2) is 0 Å². The van der Waals surface area contributed by atoms with E-state index in [1.165, 1.54) is 5.56 Å². The van der Waals surface area contributed by atoms with Crippen LogP contribution in [0.25, 0.3) is 11.0 Å². The first kappa shape index (κ1) is 13.4. The van der Waals surface area contributed by atoms with Crippen LogP contribution < -0.4 is 0 Å². The second kappa shape index (κ2) is 4.90. The highest BCUT2D eigenvalue weighted by molar-refractivity contribution is 6.16. The highest BCUT2D eigenvalue weighted by Gasteiger charge is 2.26. The molecular weight excluding hydrogens is 248 g/mol. The topological polar surface area (TPSA) is 27.1 Å². The Labute approximate surface area is 113 Å². The van der Waals surface area contributed by atoms with E-state index in [0.29, 0.717) is 12.5 Å². The summed E-state index contributed by atoms with van der Waals surface area (Å²) in [6.07, 6.45) is 0. The Kier molecular flexibility index (Phi) is 3.64. The summed E-state index contributed by atoms with van der Waals surface area (Å²) in [4.78, 5) is 4.65. The molecule has 0 unspecified atom stereocenters. The zero-order chi connectivity index (χ0) is 13.3. The minimum Gasteiger partial charge on any atom is -0.382 e. The highest BCUT2D eigenvalue weighted by Crippen LogP contribution is 2.28. The third kappa shape index (κ3) is 2.13. The van der Waals surface area contributed by atoms with Gasteiger partial charge in [-0.05, 0) is 32.4 Å². The van der Waals surface area contributed by atoms with Crippen molar-refractivity contribution in [1.29, 1.82) is 0 Å². The minimum atomic E-state index is -0.165. The molecule has 0 spiro atoms. The Balaban J connectivity index is 2.71. The molecule has 0 aliphatic carbocycles. The number of hydrogen-bond acceptors (Lipinski definition) is 2. The fourth-order valence-corrected chi connectivity index (χ4v) is 2.65. The molecule has 1 aromatic heterocycles. The maximum atomic E-state index is 6.04. The van der Waals surface area contributed by atoms with E-state index >= 15 is 0 Å². The van der Waals surface area contributed by atoms with E-state index in [0.717, 1.165) is 16.9 Å². The molecule has 0 saturated heterocycles. The number of ether oxygens (including phenoxy) is 1. The van der Waals surface area contributed by atoms with Crippen molar-refractivity contribution in [3.05, 3.63) is 29.6 Å². The van der Waals surface area contributed by atoms with Crippen molar-refractivity contribution in [3.63, 3.8) is 0 Å². The van der Waals surface area contributed by atoms with E-state index in [-0.39, 0.29) is 5.54 Å². The molecule has 0 fully saturated rings. The van der Waals surface area contributed by atoms with Crippen LogP contribution in [0.1, 0.15) is 25.2 Å². The number of fused-ring (bicyclic) bond motifs is 1. The number of alkyl halides is 1. The van der Waals surface area contributed by atoms with Gasteiger partial charge >= 0.3 is 0 Å². The van der Waals surface area contributed by atoms with Crippen molar-refractivity contribution in [2.45, 2.75) is 32.2 Å². The number of imidazole rings is 1. The predicted molar refractivity (Wildman–Crippen MR) is 75.2 cm³/mol. The molecule has 0 atom stereocenters. The highest BCUT2D eigenvalue weighted by atomic mass is 35.5. The molecule has 0 amide bonds. The van der Waals surface area contributed by atoms with Crippen molar-refractivity contribution < 1.29 is 4.74 Å². The summed E-state index contributed by atoms with van der Waals surface area (Å²) >= 11 is 6.04. The Morgan fingerprint density at radius 2 is 2.11 bits per heavy atom. The van der Waals surface area contributed by atoms with Gasteiger partial charge in [0.05, 0.1) is 29.1 Å². The van der Waals surface area contributed by atoms with Crippen molar-refractivity contribution in [1.82, 2.24) is 9.55 Å². The van der Waals surface area contributed by atoms with Gasteiger partial charge in [-0.25, -0.2) is 4.98 Å². The molecule has 1 aromatic carbocycles. The van der Waals surface area contributed by atoms with Crippen LogP contribution in [0.15, 0.2) is 18.2 Å². The van der Waals surface area contributed by atoms with Gasteiger partial charge < -0.3 is 9.30 Å². The van der Waals surface area contributed by atoms with Crippen LogP contribution in [0.2, 0.25) is 0 Å². The number of hydrogen-bond donors (Lipinski definition) is 0. The van der Waals surface area contributed by atoms with E-state index in [4.69, 9.17) is 16.3 Å². The molecule has 2 aromatic rings. The summed E-state index contributed by atoms with van der Waals surface area (Å²) in [5, 5.41) is 0. The molecule has 0 radical (unpaired) electrons. The number of halogens is 1. The zero-order valence-corrected chi connectivity index (χ0v) is 12.1. The van der Waals surface area contributed by atoms with Gasteiger partial charge in [-0.2, -0.15) is 0 Å². The Hall–Kier alpha value is -1.06. The van der Waals surface area contributed by atoms with Crippen LogP contribution in [0.3, 0.4) is 0 Å². The van der Waals surface area contributed by atoms with Crippen LogP contribution in [0.4, 0.5) is 0 Å². The maximum absolute atomic E-state index is 6.04. The summed E-state index contributed by atoms with van der Waals surface area (Å²) < 4.78 is 7.50. The second-order valence-electron chi connectivity index (χ2n) is 5.19. The lowest BCUT2D eigenvalue weighted by molar-refractivity contribution is 0.110. The van der Waals surface area contributed by atoms with E-state index < -0.39 is 0 Å². The normalized spacial score (nSPS) is 12.3. The van der Waals surface area contributed by atoms with Crippen molar-refractivity contribution in [2.75, 3.05) is 13.7 Å². The first-order valence-electron chi connectivity index (χ1n) is 6.03. The molecule has 18 heavy (non-hydrogen) atoms. The molecule has 2 rings (SSSR count). The van der Waals surface area contributed by atoms with Gasteiger partial charge in [0.2, 0.25) is 0 Å². The van der Waals surface area contributed by atoms with Gasteiger partial charge in [-0.1, -0.05) is 12.1 Å². The first-order valence-corrected chi connectivity index (χ1v) is 6.57. The average molecular weight is 267 g/mol. The number of methoxy groups -OCH3 is 1. The molecule has 4 heteroatoms. The standard InChI is InChI=1S/C14H19ClN2O/c1-10-6-5-7-11-13(10)16-12(8-15)17(11)14(2,3)9-18-4/h5-7H,8-9H2,1-4H3. The number of aryl methyl sites for hydroxylation is 1. The molecule has 1 heterocycles. The number of nitrogens with zero attached hydrogens (tertiary/aromatic N) is 2. The molecule has 0 saturated carbocycles. The second-order valence-corrected chi connectivity index (χ2v) is 5.45. The van der Waals surface area contributed by atoms with Crippen molar-refractivity contribution in [2.24, 2.45) is 0 Å². The van der Waals surface area contributed by atoms with Crippen LogP contribution in [0.5, 0.6) is 0 Å². The number of rotatable bonds is 4. The largest absolute Gasteiger partial charge is 0.382 e. The minimum absolute atomic E-state index is 0.165. The molecular formula is C14H19ClN2O. The number of aromatic nitrogens is 2. The SMILES string of the molecule is COCC(C)(C)n1c(CCl)nc2c(C)cccc21. The summed E-state index contributed by atoms with van der Waals surface area (Å²) in [6, 6.07) is 6.21. The van der Waals surface area contributed by atoms with E-state index in [2.05, 4.69) is 48.5 Å². The van der Waals surface area contributed by atoms with Crippen LogP contribution in [-0.2, 0) is 16.2 Å². The average Bonchev–Trinajstić information content (AvgIpc) is 2.69. The Morgan fingerprint density at radius 3 is 2.72 bits per heavy atom. The Bertz CT molecular complexity index is 560. The summed E-state index contributed by atoms with van der Waals surface area (Å²) in [5.41, 5.74) is 3.15. The first-order chi connectivity index (χ1) is 8.51. The monoisotopic (exact) mass is 266 g/mol. The lowest BCUT2D eigenvalue weighted by Crippen LogP contribution is -2.32. The van der Waals surface area contributed by atoms with Gasteiger partial charge in [-0.15, -0.1) is 11.6 Å². The molecule has 0 bridgehead atoms. The van der Waals surface area contributed by atoms with Crippen LogP contribution in [-0.4, -0.2) is 23.3 Å². The van der Waals surface area contributed by atoms with Crippen molar-refractivity contribution in [3.8, 4) is 0 Å². The van der Waals surface area contributed by atoms with E-state index in [1.807, 2.05) is 0 Å².